The smallest absolute Gasteiger partial charge is 0.274 e. The predicted octanol–water partition coefficient (Wildman–Crippen LogP) is 4.28. The first-order chi connectivity index (χ1) is 14.6. The van der Waals surface area contributed by atoms with Gasteiger partial charge in [-0.3, -0.25) is 14.5 Å². The van der Waals surface area contributed by atoms with Crippen LogP contribution in [0, 0.1) is 6.92 Å². The van der Waals surface area contributed by atoms with Gasteiger partial charge < -0.3 is 10.1 Å². The zero-order valence-electron chi connectivity index (χ0n) is 16.7. The van der Waals surface area contributed by atoms with E-state index in [2.05, 4.69) is 10.3 Å². The van der Waals surface area contributed by atoms with Crippen molar-refractivity contribution >= 4 is 23.3 Å². The Hall–Kier alpha value is -3.67. The molecule has 1 unspecified atom stereocenters. The first-order valence-electron chi connectivity index (χ1n) is 9.96. The van der Waals surface area contributed by atoms with E-state index in [0.29, 0.717) is 31.0 Å². The van der Waals surface area contributed by atoms with Crippen molar-refractivity contribution < 1.29 is 14.3 Å². The molecule has 3 aromatic rings. The molecule has 1 N–H and O–H groups in total. The number of carbonyl (C=O) groups is 2. The van der Waals surface area contributed by atoms with Crippen LogP contribution in [-0.2, 0) is 9.59 Å². The van der Waals surface area contributed by atoms with Crippen LogP contribution in [0.5, 0.6) is 5.75 Å². The summed E-state index contributed by atoms with van der Waals surface area (Å²) in [5.41, 5.74) is 2.70. The van der Waals surface area contributed by atoms with E-state index in [9.17, 15) is 9.59 Å². The van der Waals surface area contributed by atoms with Crippen LogP contribution in [0.1, 0.15) is 30.1 Å². The van der Waals surface area contributed by atoms with Crippen molar-refractivity contribution in [3.05, 3.63) is 84.1 Å². The van der Waals surface area contributed by atoms with Gasteiger partial charge in [0.2, 0.25) is 12.0 Å². The number of rotatable bonds is 6. The van der Waals surface area contributed by atoms with Crippen LogP contribution in [-0.4, -0.2) is 23.3 Å². The molecular formula is C24H23N3O3. The summed E-state index contributed by atoms with van der Waals surface area (Å²) < 4.78 is 5.94. The molecule has 0 aliphatic carbocycles. The Morgan fingerprint density at radius 3 is 2.60 bits per heavy atom. The summed E-state index contributed by atoms with van der Waals surface area (Å²) in [4.78, 5) is 31.4. The van der Waals surface area contributed by atoms with Gasteiger partial charge in [0.15, 0.2) is 11.6 Å². The Morgan fingerprint density at radius 2 is 1.83 bits per heavy atom. The Kier molecular flexibility index (Phi) is 5.75. The van der Waals surface area contributed by atoms with Gasteiger partial charge in [-0.05, 0) is 37.6 Å². The zero-order valence-corrected chi connectivity index (χ0v) is 16.7. The molecule has 30 heavy (non-hydrogen) atoms. The minimum Gasteiger partial charge on any atom is -0.472 e. The molecule has 0 saturated heterocycles. The number of anilines is 2. The second kappa shape index (κ2) is 8.78. The van der Waals surface area contributed by atoms with Crippen molar-refractivity contribution in [1.82, 2.24) is 4.98 Å². The van der Waals surface area contributed by atoms with Crippen LogP contribution in [0.25, 0.3) is 0 Å². The number of nitrogens with zero attached hydrogens (tertiary/aromatic N) is 2. The van der Waals surface area contributed by atoms with E-state index in [4.69, 9.17) is 4.74 Å². The van der Waals surface area contributed by atoms with E-state index in [0.717, 1.165) is 16.8 Å². The number of hydrogen-bond donors (Lipinski definition) is 1. The van der Waals surface area contributed by atoms with E-state index in [1.54, 1.807) is 17.2 Å². The molecule has 0 saturated carbocycles. The molecular weight excluding hydrogens is 378 g/mol. The molecule has 1 aliphatic heterocycles. The van der Waals surface area contributed by atoms with Crippen molar-refractivity contribution in [3.8, 4) is 5.75 Å². The van der Waals surface area contributed by atoms with Gasteiger partial charge in [-0.2, -0.15) is 0 Å². The molecule has 6 nitrogen and oxygen atoms in total. The van der Waals surface area contributed by atoms with Crippen molar-refractivity contribution in [2.24, 2.45) is 0 Å². The fourth-order valence-electron chi connectivity index (χ4n) is 3.41. The van der Waals surface area contributed by atoms with Gasteiger partial charge >= 0.3 is 0 Å². The zero-order chi connectivity index (χ0) is 20.9. The van der Waals surface area contributed by atoms with Gasteiger partial charge in [-0.15, -0.1) is 0 Å². The molecule has 0 bridgehead atoms. The maximum atomic E-state index is 13.1. The van der Waals surface area contributed by atoms with Crippen LogP contribution in [0.15, 0.2) is 72.9 Å². The summed E-state index contributed by atoms with van der Waals surface area (Å²) in [5.74, 6) is 0.801. The highest BCUT2D eigenvalue weighted by atomic mass is 16.5. The van der Waals surface area contributed by atoms with Crippen LogP contribution in [0.4, 0.5) is 11.5 Å². The molecule has 1 atom stereocenters. The second-order valence-corrected chi connectivity index (χ2v) is 7.24. The lowest BCUT2D eigenvalue weighted by atomic mass is 10.1. The maximum Gasteiger partial charge on any atom is 0.274 e. The van der Waals surface area contributed by atoms with Crippen molar-refractivity contribution in [1.29, 1.82) is 0 Å². The minimum atomic E-state index is -0.718. The van der Waals surface area contributed by atoms with E-state index in [1.165, 1.54) is 0 Å². The molecule has 0 radical (unpaired) electrons. The average Bonchev–Trinajstić information content (AvgIpc) is 2.77. The average molecular weight is 401 g/mol. The normalized spacial score (nSPS) is 15.3. The molecule has 0 spiro atoms. The molecule has 2 heterocycles. The highest BCUT2D eigenvalue weighted by molar-refractivity contribution is 5.99. The number of carbonyl (C=O) groups excluding carboxylic acids is 2. The second-order valence-electron chi connectivity index (χ2n) is 7.24. The largest absolute Gasteiger partial charge is 0.472 e. The Morgan fingerprint density at radius 1 is 1.07 bits per heavy atom. The molecule has 2 aromatic carbocycles. The lowest BCUT2D eigenvalue weighted by Crippen LogP contribution is -2.42. The standard InChI is InChI=1S/C24H23N3O3/c1-17-11-13-19(14-12-17)26-21(28)10-6-16-27-23-20(9-5-15-25-23)30-22(24(27)29)18-7-3-2-4-8-18/h2-5,7-9,11-15,22H,6,10,16H2,1H3,(H,26,28). The van der Waals surface area contributed by atoms with Crippen LogP contribution in [0.2, 0.25) is 0 Å². The first-order valence-corrected chi connectivity index (χ1v) is 9.96. The van der Waals surface area contributed by atoms with Gasteiger partial charge in [0.05, 0.1) is 0 Å². The van der Waals surface area contributed by atoms with Gasteiger partial charge in [0, 0.05) is 30.4 Å². The number of fused-ring (bicyclic) bond motifs is 1. The third-order valence-corrected chi connectivity index (χ3v) is 4.96. The van der Waals surface area contributed by atoms with E-state index in [-0.39, 0.29) is 11.8 Å². The number of hydrogen-bond acceptors (Lipinski definition) is 4. The fourth-order valence-corrected chi connectivity index (χ4v) is 3.41. The lowest BCUT2D eigenvalue weighted by molar-refractivity contribution is -0.127. The van der Waals surface area contributed by atoms with Crippen LogP contribution in [0.3, 0.4) is 0 Å². The van der Waals surface area contributed by atoms with E-state index >= 15 is 0 Å². The molecule has 6 heteroatoms. The molecule has 1 aromatic heterocycles. The summed E-state index contributed by atoms with van der Waals surface area (Å²) in [7, 11) is 0. The number of ether oxygens (including phenoxy) is 1. The molecule has 4 rings (SSSR count). The number of aryl methyl sites for hydroxylation is 1. The highest BCUT2D eigenvalue weighted by Gasteiger charge is 2.36. The predicted molar refractivity (Wildman–Crippen MR) is 115 cm³/mol. The van der Waals surface area contributed by atoms with Crippen molar-refractivity contribution in [2.45, 2.75) is 25.9 Å². The number of aromatic nitrogens is 1. The number of pyridine rings is 1. The topological polar surface area (TPSA) is 71.5 Å². The van der Waals surface area contributed by atoms with Crippen molar-refractivity contribution in [3.63, 3.8) is 0 Å². The first kappa shape index (κ1) is 19.6. The summed E-state index contributed by atoms with van der Waals surface area (Å²) in [6.45, 7) is 2.39. The molecule has 2 amide bonds. The summed E-state index contributed by atoms with van der Waals surface area (Å²) in [6.07, 6.45) is 1.73. The monoisotopic (exact) mass is 401 g/mol. The Bertz CT molecular complexity index is 1040. The van der Waals surface area contributed by atoms with Gasteiger partial charge in [0.25, 0.3) is 5.91 Å². The number of benzene rings is 2. The SMILES string of the molecule is Cc1ccc(NC(=O)CCCN2C(=O)C(c3ccccc3)Oc3cccnc32)cc1. The Balaban J connectivity index is 1.43. The summed E-state index contributed by atoms with van der Waals surface area (Å²) in [5, 5.41) is 2.89. The maximum absolute atomic E-state index is 13.1. The quantitative estimate of drug-likeness (QED) is 0.669. The van der Waals surface area contributed by atoms with E-state index in [1.807, 2.05) is 67.6 Å². The van der Waals surface area contributed by atoms with Gasteiger partial charge in [-0.25, -0.2) is 4.98 Å². The van der Waals surface area contributed by atoms with E-state index < -0.39 is 6.10 Å². The minimum absolute atomic E-state index is 0.0829. The number of nitrogens with one attached hydrogen (secondary N) is 1. The molecule has 1 aliphatic rings. The number of amides is 2. The van der Waals surface area contributed by atoms with Gasteiger partial charge in [-0.1, -0.05) is 48.0 Å². The fraction of sp³-hybridized carbons (Fsp3) is 0.208. The van der Waals surface area contributed by atoms with Crippen LogP contribution >= 0.6 is 0 Å². The van der Waals surface area contributed by atoms with Crippen molar-refractivity contribution in [2.75, 3.05) is 16.8 Å². The summed E-state index contributed by atoms with van der Waals surface area (Å²) in [6, 6.07) is 20.7. The third-order valence-electron chi connectivity index (χ3n) is 4.96. The lowest BCUT2D eigenvalue weighted by Gasteiger charge is -2.33. The Labute approximate surface area is 175 Å². The highest BCUT2D eigenvalue weighted by Crippen LogP contribution is 2.37. The molecule has 152 valence electrons. The van der Waals surface area contributed by atoms with Crippen LogP contribution < -0.4 is 15.0 Å². The summed E-state index contributed by atoms with van der Waals surface area (Å²) >= 11 is 0. The van der Waals surface area contributed by atoms with Gasteiger partial charge in [0.1, 0.15) is 0 Å². The third kappa shape index (κ3) is 4.33. The molecule has 0 fully saturated rings.